The number of anilines is 2. The number of aromatic nitrogens is 2. The van der Waals surface area contributed by atoms with Crippen LogP contribution in [0.4, 0.5) is 11.8 Å². The molecule has 1 aromatic heterocycles. The van der Waals surface area contributed by atoms with Gasteiger partial charge in [0.05, 0.1) is 5.69 Å². The summed E-state index contributed by atoms with van der Waals surface area (Å²) in [4.78, 5) is 16.6. The van der Waals surface area contributed by atoms with Crippen LogP contribution < -0.4 is 9.80 Å². The van der Waals surface area contributed by atoms with Gasteiger partial charge in [-0.25, -0.2) is 4.98 Å². The van der Waals surface area contributed by atoms with Gasteiger partial charge in [0.2, 0.25) is 5.95 Å². The fourth-order valence-corrected chi connectivity index (χ4v) is 3.68. The normalized spacial score (nSPS) is 20.8. The first kappa shape index (κ1) is 18.4. The Morgan fingerprint density at radius 1 is 1.08 bits per heavy atom. The summed E-state index contributed by atoms with van der Waals surface area (Å²) in [6, 6.07) is 2.88. The average Bonchev–Trinajstić information content (AvgIpc) is 2.88. The van der Waals surface area contributed by atoms with E-state index in [0.29, 0.717) is 12.0 Å². The van der Waals surface area contributed by atoms with Crippen molar-refractivity contribution in [3.8, 4) is 0 Å². The molecule has 6 nitrogen and oxygen atoms in total. The van der Waals surface area contributed by atoms with E-state index in [-0.39, 0.29) is 0 Å². The van der Waals surface area contributed by atoms with Gasteiger partial charge >= 0.3 is 0 Å². The summed E-state index contributed by atoms with van der Waals surface area (Å²) >= 11 is 0. The third kappa shape index (κ3) is 4.61. The Balaban J connectivity index is 1.73. The summed E-state index contributed by atoms with van der Waals surface area (Å²) in [6.45, 7) is 10.6. The number of ether oxygens (including phenoxy) is 1. The van der Waals surface area contributed by atoms with Crippen LogP contribution in [-0.4, -0.2) is 74.4 Å². The van der Waals surface area contributed by atoms with E-state index in [1.807, 2.05) is 19.0 Å². The van der Waals surface area contributed by atoms with Crippen molar-refractivity contribution >= 4 is 11.8 Å². The molecule has 25 heavy (non-hydrogen) atoms. The predicted octanol–water partition coefficient (Wildman–Crippen LogP) is 2.36. The molecule has 0 spiro atoms. The topological polar surface area (TPSA) is 44.7 Å². The fourth-order valence-electron chi connectivity index (χ4n) is 3.68. The SMILES string of the molecule is CC(C)c1cc(N2CCCN(C3CCOCC3)CC2)nc(N(C)C)n1. The molecule has 0 bridgehead atoms. The van der Waals surface area contributed by atoms with E-state index in [1.165, 1.54) is 25.8 Å². The summed E-state index contributed by atoms with van der Waals surface area (Å²) in [5.74, 6) is 2.30. The van der Waals surface area contributed by atoms with Crippen molar-refractivity contribution in [3.63, 3.8) is 0 Å². The lowest BCUT2D eigenvalue weighted by atomic mass is 10.1. The Bertz CT molecular complexity index is 530. The number of hydrogen-bond acceptors (Lipinski definition) is 6. The van der Waals surface area contributed by atoms with Crippen LogP contribution in [0.25, 0.3) is 0 Å². The van der Waals surface area contributed by atoms with Crippen molar-refractivity contribution < 1.29 is 4.74 Å². The largest absolute Gasteiger partial charge is 0.381 e. The molecule has 0 radical (unpaired) electrons. The van der Waals surface area contributed by atoms with Crippen molar-refractivity contribution in [2.45, 2.75) is 45.1 Å². The highest BCUT2D eigenvalue weighted by Crippen LogP contribution is 2.24. The molecule has 1 aromatic rings. The van der Waals surface area contributed by atoms with E-state index in [9.17, 15) is 0 Å². The van der Waals surface area contributed by atoms with Gasteiger partial charge in [0.1, 0.15) is 5.82 Å². The molecule has 2 saturated heterocycles. The molecular weight excluding hydrogens is 314 g/mol. The summed E-state index contributed by atoms with van der Waals surface area (Å²) in [5, 5.41) is 0. The quantitative estimate of drug-likeness (QED) is 0.833. The van der Waals surface area contributed by atoms with Crippen molar-refractivity contribution in [1.29, 1.82) is 0 Å². The molecule has 140 valence electrons. The molecule has 0 amide bonds. The first-order chi connectivity index (χ1) is 12.0. The molecule has 3 heterocycles. The van der Waals surface area contributed by atoms with Gasteiger partial charge in [0.25, 0.3) is 0 Å². The Kier molecular flexibility index (Phi) is 6.12. The maximum atomic E-state index is 5.52. The Labute approximate surface area is 152 Å². The average molecular weight is 348 g/mol. The smallest absolute Gasteiger partial charge is 0.227 e. The number of nitrogens with zero attached hydrogens (tertiary/aromatic N) is 5. The maximum absolute atomic E-state index is 5.52. The molecule has 0 aromatic carbocycles. The van der Waals surface area contributed by atoms with Crippen molar-refractivity contribution in [1.82, 2.24) is 14.9 Å². The van der Waals surface area contributed by atoms with Crippen molar-refractivity contribution in [2.75, 3.05) is 63.3 Å². The lowest BCUT2D eigenvalue weighted by Gasteiger charge is -2.33. The first-order valence-electron chi connectivity index (χ1n) is 9.67. The van der Waals surface area contributed by atoms with Gasteiger partial charge in [-0.2, -0.15) is 4.98 Å². The van der Waals surface area contributed by atoms with E-state index in [0.717, 1.165) is 50.3 Å². The van der Waals surface area contributed by atoms with E-state index in [2.05, 4.69) is 29.7 Å². The molecule has 0 unspecified atom stereocenters. The van der Waals surface area contributed by atoms with Crippen LogP contribution in [0.15, 0.2) is 6.07 Å². The van der Waals surface area contributed by atoms with E-state index in [4.69, 9.17) is 14.7 Å². The minimum Gasteiger partial charge on any atom is -0.381 e. The minimum atomic E-state index is 0.408. The first-order valence-corrected chi connectivity index (χ1v) is 9.67. The molecule has 6 heteroatoms. The number of hydrogen-bond donors (Lipinski definition) is 0. The van der Waals surface area contributed by atoms with Crippen LogP contribution in [0.2, 0.25) is 0 Å². The second kappa shape index (κ2) is 8.32. The molecule has 3 rings (SSSR count). The highest BCUT2D eigenvalue weighted by Gasteiger charge is 2.25. The van der Waals surface area contributed by atoms with Gasteiger partial charge in [-0.3, -0.25) is 4.90 Å². The van der Waals surface area contributed by atoms with Crippen LogP contribution in [0.5, 0.6) is 0 Å². The summed E-state index contributed by atoms with van der Waals surface area (Å²) < 4.78 is 5.52. The van der Waals surface area contributed by atoms with Crippen LogP contribution in [0, 0.1) is 0 Å². The number of rotatable bonds is 4. The fraction of sp³-hybridized carbons (Fsp3) is 0.789. The second-order valence-electron chi connectivity index (χ2n) is 7.72. The summed E-state index contributed by atoms with van der Waals surface area (Å²) in [5.41, 5.74) is 1.12. The van der Waals surface area contributed by atoms with Crippen molar-refractivity contribution in [2.24, 2.45) is 0 Å². The molecular formula is C19H33N5O. The molecule has 2 fully saturated rings. The Morgan fingerprint density at radius 3 is 2.52 bits per heavy atom. The van der Waals surface area contributed by atoms with Crippen LogP contribution in [-0.2, 0) is 4.74 Å². The molecule has 2 aliphatic heterocycles. The highest BCUT2D eigenvalue weighted by atomic mass is 16.5. The van der Waals surface area contributed by atoms with Gasteiger partial charge in [-0.05, 0) is 25.2 Å². The van der Waals surface area contributed by atoms with Crippen molar-refractivity contribution in [3.05, 3.63) is 11.8 Å². The lowest BCUT2D eigenvalue weighted by Crippen LogP contribution is -2.41. The third-order valence-corrected chi connectivity index (χ3v) is 5.27. The zero-order valence-electron chi connectivity index (χ0n) is 16.2. The highest BCUT2D eigenvalue weighted by molar-refractivity contribution is 5.46. The van der Waals surface area contributed by atoms with Gasteiger partial charge in [0.15, 0.2) is 0 Å². The standard InChI is InChI=1S/C19H33N5O/c1-15(2)17-14-18(21-19(20-17)22(3)4)24-9-5-8-23(10-11-24)16-6-12-25-13-7-16/h14-16H,5-13H2,1-4H3. The molecule has 0 atom stereocenters. The summed E-state index contributed by atoms with van der Waals surface area (Å²) in [6.07, 6.45) is 3.54. The van der Waals surface area contributed by atoms with E-state index >= 15 is 0 Å². The van der Waals surface area contributed by atoms with Gasteiger partial charge in [0, 0.05) is 65.6 Å². The van der Waals surface area contributed by atoms with Gasteiger partial charge < -0.3 is 14.5 Å². The van der Waals surface area contributed by atoms with Gasteiger partial charge in [-0.1, -0.05) is 13.8 Å². The van der Waals surface area contributed by atoms with Crippen LogP contribution in [0.3, 0.4) is 0 Å². The van der Waals surface area contributed by atoms with E-state index in [1.54, 1.807) is 0 Å². The zero-order valence-corrected chi connectivity index (χ0v) is 16.2. The molecule has 0 saturated carbocycles. The minimum absolute atomic E-state index is 0.408. The molecule has 0 N–H and O–H groups in total. The summed E-state index contributed by atoms with van der Waals surface area (Å²) in [7, 11) is 4.02. The van der Waals surface area contributed by atoms with Crippen LogP contribution >= 0.6 is 0 Å². The van der Waals surface area contributed by atoms with Gasteiger partial charge in [-0.15, -0.1) is 0 Å². The Hall–Kier alpha value is -1.40. The molecule has 2 aliphatic rings. The Morgan fingerprint density at radius 2 is 1.84 bits per heavy atom. The molecule has 0 aliphatic carbocycles. The van der Waals surface area contributed by atoms with E-state index < -0.39 is 0 Å². The second-order valence-corrected chi connectivity index (χ2v) is 7.72. The monoisotopic (exact) mass is 347 g/mol. The lowest BCUT2D eigenvalue weighted by molar-refractivity contribution is 0.0365. The predicted molar refractivity (Wildman–Crippen MR) is 103 cm³/mol. The zero-order chi connectivity index (χ0) is 17.8. The maximum Gasteiger partial charge on any atom is 0.227 e. The van der Waals surface area contributed by atoms with Crippen LogP contribution in [0.1, 0.15) is 44.7 Å². The third-order valence-electron chi connectivity index (χ3n) is 5.27.